The SMILES string of the molecule is CC(c1nnc(-c2ccccc2)o1)N1CCC(OCCCO)CC1. The highest BCUT2D eigenvalue weighted by Crippen LogP contribution is 2.26. The molecule has 0 aliphatic carbocycles. The Morgan fingerprint density at radius 3 is 2.71 bits per heavy atom. The number of likely N-dealkylation sites (tertiary alicyclic amines) is 1. The molecular formula is C18H25N3O3. The lowest BCUT2D eigenvalue weighted by atomic mass is 10.1. The number of hydrogen-bond acceptors (Lipinski definition) is 6. The molecule has 6 nitrogen and oxygen atoms in total. The van der Waals surface area contributed by atoms with Crippen LogP contribution in [0.4, 0.5) is 0 Å². The van der Waals surface area contributed by atoms with Gasteiger partial charge in [-0.25, -0.2) is 0 Å². The standard InChI is InChI=1S/C18H25N3O3/c1-14(21-10-8-16(9-11-21)23-13-5-12-22)17-19-20-18(24-17)15-6-3-2-4-7-15/h2-4,6-7,14,16,22H,5,8-13H2,1H3. The van der Waals surface area contributed by atoms with Gasteiger partial charge in [-0.15, -0.1) is 10.2 Å². The number of hydrogen-bond donors (Lipinski definition) is 1. The molecular weight excluding hydrogens is 306 g/mol. The minimum Gasteiger partial charge on any atom is -0.419 e. The number of nitrogens with zero attached hydrogens (tertiary/aromatic N) is 3. The number of aliphatic hydroxyl groups is 1. The molecule has 1 N–H and O–H groups in total. The summed E-state index contributed by atoms with van der Waals surface area (Å²) in [4.78, 5) is 2.36. The number of rotatable bonds is 7. The fourth-order valence-electron chi connectivity index (χ4n) is 3.00. The molecule has 2 heterocycles. The second-order valence-electron chi connectivity index (χ2n) is 6.17. The third-order valence-corrected chi connectivity index (χ3v) is 4.50. The second kappa shape index (κ2) is 8.37. The van der Waals surface area contributed by atoms with Crippen molar-refractivity contribution in [3.63, 3.8) is 0 Å². The lowest BCUT2D eigenvalue weighted by Crippen LogP contribution is -2.38. The van der Waals surface area contributed by atoms with E-state index in [2.05, 4.69) is 22.0 Å². The average Bonchev–Trinajstić information content (AvgIpc) is 3.13. The zero-order chi connectivity index (χ0) is 16.8. The van der Waals surface area contributed by atoms with Gasteiger partial charge in [-0.3, -0.25) is 4.90 Å². The maximum atomic E-state index is 8.81. The predicted molar refractivity (Wildman–Crippen MR) is 90.4 cm³/mol. The van der Waals surface area contributed by atoms with Crippen molar-refractivity contribution in [2.24, 2.45) is 0 Å². The molecule has 24 heavy (non-hydrogen) atoms. The van der Waals surface area contributed by atoms with Crippen LogP contribution >= 0.6 is 0 Å². The van der Waals surface area contributed by atoms with Gasteiger partial charge in [-0.1, -0.05) is 18.2 Å². The molecule has 6 heteroatoms. The molecule has 1 aliphatic rings. The van der Waals surface area contributed by atoms with E-state index in [0.29, 0.717) is 30.9 Å². The summed E-state index contributed by atoms with van der Waals surface area (Å²) in [7, 11) is 0. The van der Waals surface area contributed by atoms with Crippen molar-refractivity contribution < 1.29 is 14.3 Å². The van der Waals surface area contributed by atoms with Crippen molar-refractivity contribution in [1.82, 2.24) is 15.1 Å². The smallest absolute Gasteiger partial charge is 0.247 e. The summed E-state index contributed by atoms with van der Waals surface area (Å²) in [6.07, 6.45) is 2.99. The number of piperidine rings is 1. The van der Waals surface area contributed by atoms with Gasteiger partial charge in [0.15, 0.2) is 0 Å². The van der Waals surface area contributed by atoms with Gasteiger partial charge in [0, 0.05) is 31.9 Å². The van der Waals surface area contributed by atoms with Crippen LogP contribution in [0.3, 0.4) is 0 Å². The van der Waals surface area contributed by atoms with Gasteiger partial charge < -0.3 is 14.3 Å². The molecule has 1 fully saturated rings. The summed E-state index contributed by atoms with van der Waals surface area (Å²) in [5.74, 6) is 1.23. The van der Waals surface area contributed by atoms with Crippen LogP contribution in [-0.2, 0) is 4.74 Å². The van der Waals surface area contributed by atoms with Gasteiger partial charge in [-0.2, -0.15) is 0 Å². The Morgan fingerprint density at radius 1 is 1.25 bits per heavy atom. The van der Waals surface area contributed by atoms with E-state index >= 15 is 0 Å². The van der Waals surface area contributed by atoms with Gasteiger partial charge in [0.2, 0.25) is 11.8 Å². The third kappa shape index (κ3) is 4.20. The van der Waals surface area contributed by atoms with Gasteiger partial charge in [0.05, 0.1) is 12.1 Å². The molecule has 1 aromatic carbocycles. The zero-order valence-corrected chi connectivity index (χ0v) is 14.1. The number of benzene rings is 1. The van der Waals surface area contributed by atoms with Gasteiger partial charge >= 0.3 is 0 Å². The van der Waals surface area contributed by atoms with Crippen LogP contribution in [0.2, 0.25) is 0 Å². The molecule has 1 saturated heterocycles. The summed E-state index contributed by atoms with van der Waals surface area (Å²) in [5, 5.41) is 17.2. The Bertz CT molecular complexity index is 609. The molecule has 130 valence electrons. The summed E-state index contributed by atoms with van der Waals surface area (Å²) in [6, 6.07) is 9.94. The van der Waals surface area contributed by atoms with Crippen molar-refractivity contribution >= 4 is 0 Å². The Hall–Kier alpha value is -1.76. The maximum absolute atomic E-state index is 8.81. The molecule has 0 amide bonds. The second-order valence-corrected chi connectivity index (χ2v) is 6.17. The molecule has 2 aromatic rings. The quantitative estimate of drug-likeness (QED) is 0.787. The summed E-state index contributed by atoms with van der Waals surface area (Å²) >= 11 is 0. The van der Waals surface area contributed by atoms with Crippen LogP contribution in [0.1, 0.15) is 38.1 Å². The Balaban J connectivity index is 1.54. The van der Waals surface area contributed by atoms with Gasteiger partial charge in [0.25, 0.3) is 0 Å². The van der Waals surface area contributed by atoms with Crippen molar-refractivity contribution in [3.05, 3.63) is 36.2 Å². The van der Waals surface area contributed by atoms with Crippen LogP contribution in [0.25, 0.3) is 11.5 Å². The van der Waals surface area contributed by atoms with E-state index in [1.807, 2.05) is 30.3 Å². The number of aromatic nitrogens is 2. The normalized spacial score (nSPS) is 17.9. The van der Waals surface area contributed by atoms with Gasteiger partial charge in [0.1, 0.15) is 0 Å². The first-order valence-electron chi connectivity index (χ1n) is 8.63. The maximum Gasteiger partial charge on any atom is 0.247 e. The van der Waals surface area contributed by atoms with E-state index in [1.54, 1.807) is 0 Å². The van der Waals surface area contributed by atoms with Crippen molar-refractivity contribution in [1.29, 1.82) is 0 Å². The van der Waals surface area contributed by atoms with Crippen LogP contribution in [0.5, 0.6) is 0 Å². The molecule has 1 unspecified atom stereocenters. The molecule has 0 radical (unpaired) electrons. The fraction of sp³-hybridized carbons (Fsp3) is 0.556. The highest BCUT2D eigenvalue weighted by atomic mass is 16.5. The highest BCUT2D eigenvalue weighted by Gasteiger charge is 2.27. The minimum atomic E-state index is 0.105. The molecule has 0 spiro atoms. The van der Waals surface area contributed by atoms with E-state index in [9.17, 15) is 0 Å². The Labute approximate surface area is 142 Å². The minimum absolute atomic E-state index is 0.105. The number of aliphatic hydroxyl groups excluding tert-OH is 1. The Kier molecular flexibility index (Phi) is 5.96. The van der Waals surface area contributed by atoms with Crippen LogP contribution in [0, 0.1) is 0 Å². The molecule has 3 rings (SSSR count). The Morgan fingerprint density at radius 2 is 2.00 bits per heavy atom. The number of ether oxygens (including phenoxy) is 1. The summed E-state index contributed by atoms with van der Waals surface area (Å²) in [6.45, 7) is 4.84. The average molecular weight is 331 g/mol. The van der Waals surface area contributed by atoms with E-state index in [0.717, 1.165) is 31.5 Å². The summed E-state index contributed by atoms with van der Waals surface area (Å²) in [5.41, 5.74) is 0.944. The molecule has 0 saturated carbocycles. The van der Waals surface area contributed by atoms with E-state index in [-0.39, 0.29) is 12.6 Å². The van der Waals surface area contributed by atoms with E-state index in [4.69, 9.17) is 14.3 Å². The van der Waals surface area contributed by atoms with Crippen molar-refractivity contribution in [2.45, 2.75) is 38.3 Å². The molecule has 0 bridgehead atoms. The van der Waals surface area contributed by atoms with Gasteiger partial charge in [-0.05, 0) is 38.3 Å². The lowest BCUT2D eigenvalue weighted by Gasteiger charge is -2.34. The highest BCUT2D eigenvalue weighted by molar-refractivity contribution is 5.51. The zero-order valence-electron chi connectivity index (χ0n) is 14.1. The molecule has 1 atom stereocenters. The van der Waals surface area contributed by atoms with E-state index < -0.39 is 0 Å². The molecule has 1 aliphatic heterocycles. The topological polar surface area (TPSA) is 71.6 Å². The fourth-order valence-corrected chi connectivity index (χ4v) is 3.00. The molecule has 1 aromatic heterocycles. The van der Waals surface area contributed by atoms with Crippen molar-refractivity contribution in [2.75, 3.05) is 26.3 Å². The summed E-state index contributed by atoms with van der Waals surface area (Å²) < 4.78 is 11.6. The first kappa shape index (κ1) is 17.1. The van der Waals surface area contributed by atoms with E-state index in [1.165, 1.54) is 0 Å². The first-order valence-corrected chi connectivity index (χ1v) is 8.63. The monoisotopic (exact) mass is 331 g/mol. The third-order valence-electron chi connectivity index (χ3n) is 4.50. The largest absolute Gasteiger partial charge is 0.419 e. The van der Waals surface area contributed by atoms with Crippen LogP contribution in [-0.4, -0.2) is 52.6 Å². The lowest BCUT2D eigenvalue weighted by molar-refractivity contribution is -0.00735. The van der Waals surface area contributed by atoms with Crippen molar-refractivity contribution in [3.8, 4) is 11.5 Å². The van der Waals surface area contributed by atoms with Crippen LogP contribution in [0.15, 0.2) is 34.7 Å². The first-order chi connectivity index (χ1) is 11.8. The van der Waals surface area contributed by atoms with Crippen LogP contribution < -0.4 is 0 Å². The predicted octanol–water partition coefficient (Wildman–Crippen LogP) is 2.66.